The van der Waals surface area contributed by atoms with Gasteiger partial charge in [0, 0.05) is 5.92 Å². The molecule has 1 heterocycles. The standard InChI is InChI=1S/C12H13N3/c1-2-11(10-6-4-3-5-7-10)12-14-8-13-9-15-12/h3-9,11H,2H2,1H3/t11-/m0/s1. The van der Waals surface area contributed by atoms with Crippen molar-refractivity contribution in [2.45, 2.75) is 19.3 Å². The third-order valence-corrected chi connectivity index (χ3v) is 2.44. The molecule has 1 atom stereocenters. The van der Waals surface area contributed by atoms with Crippen molar-refractivity contribution in [2.24, 2.45) is 0 Å². The molecule has 0 amide bonds. The van der Waals surface area contributed by atoms with Crippen molar-refractivity contribution in [1.82, 2.24) is 15.0 Å². The molecule has 0 saturated carbocycles. The smallest absolute Gasteiger partial charge is 0.139 e. The van der Waals surface area contributed by atoms with Crippen molar-refractivity contribution in [3.63, 3.8) is 0 Å². The summed E-state index contributed by atoms with van der Waals surface area (Å²) >= 11 is 0. The van der Waals surface area contributed by atoms with E-state index in [1.165, 1.54) is 5.56 Å². The summed E-state index contributed by atoms with van der Waals surface area (Å²) in [5.74, 6) is 1.12. The largest absolute Gasteiger partial charge is 0.225 e. The van der Waals surface area contributed by atoms with E-state index in [-0.39, 0.29) is 5.92 Å². The molecule has 0 radical (unpaired) electrons. The van der Waals surface area contributed by atoms with Gasteiger partial charge in [0.1, 0.15) is 18.5 Å². The zero-order valence-electron chi connectivity index (χ0n) is 8.67. The molecule has 2 aromatic rings. The average Bonchev–Trinajstić information content (AvgIpc) is 2.33. The van der Waals surface area contributed by atoms with E-state index in [0.717, 1.165) is 12.2 Å². The fourth-order valence-electron chi connectivity index (χ4n) is 1.68. The van der Waals surface area contributed by atoms with E-state index in [9.17, 15) is 0 Å². The van der Waals surface area contributed by atoms with Gasteiger partial charge in [-0.2, -0.15) is 0 Å². The number of nitrogens with zero attached hydrogens (tertiary/aromatic N) is 3. The summed E-state index contributed by atoms with van der Waals surface area (Å²) in [6, 6.07) is 10.3. The van der Waals surface area contributed by atoms with Gasteiger partial charge in [0.2, 0.25) is 0 Å². The van der Waals surface area contributed by atoms with Crippen LogP contribution in [0.15, 0.2) is 43.0 Å². The Morgan fingerprint density at radius 2 is 1.73 bits per heavy atom. The average molecular weight is 199 g/mol. The van der Waals surface area contributed by atoms with Crippen molar-refractivity contribution in [3.8, 4) is 0 Å². The van der Waals surface area contributed by atoms with Crippen molar-refractivity contribution < 1.29 is 0 Å². The zero-order chi connectivity index (χ0) is 10.5. The van der Waals surface area contributed by atoms with Gasteiger partial charge < -0.3 is 0 Å². The lowest BCUT2D eigenvalue weighted by Gasteiger charge is -2.12. The molecule has 3 heteroatoms. The molecule has 1 aromatic carbocycles. The van der Waals surface area contributed by atoms with E-state index >= 15 is 0 Å². The van der Waals surface area contributed by atoms with Crippen LogP contribution in [0.3, 0.4) is 0 Å². The molecule has 0 bridgehead atoms. The Morgan fingerprint density at radius 1 is 1.07 bits per heavy atom. The fraction of sp³-hybridized carbons (Fsp3) is 0.250. The van der Waals surface area contributed by atoms with Crippen LogP contribution in [-0.4, -0.2) is 15.0 Å². The maximum absolute atomic E-state index is 4.20. The summed E-state index contributed by atoms with van der Waals surface area (Å²) in [7, 11) is 0. The summed E-state index contributed by atoms with van der Waals surface area (Å²) in [4.78, 5) is 12.2. The number of hydrogen-bond donors (Lipinski definition) is 0. The quantitative estimate of drug-likeness (QED) is 0.762. The third-order valence-electron chi connectivity index (χ3n) is 2.44. The van der Waals surface area contributed by atoms with Gasteiger partial charge in [-0.25, -0.2) is 15.0 Å². The number of hydrogen-bond acceptors (Lipinski definition) is 3. The molecule has 0 aliphatic heterocycles. The molecular weight excluding hydrogens is 186 g/mol. The minimum Gasteiger partial charge on any atom is -0.225 e. The number of rotatable bonds is 3. The minimum atomic E-state index is 0.272. The van der Waals surface area contributed by atoms with Crippen molar-refractivity contribution in [1.29, 1.82) is 0 Å². The molecule has 0 spiro atoms. The first-order chi connectivity index (χ1) is 7.42. The Morgan fingerprint density at radius 3 is 2.33 bits per heavy atom. The zero-order valence-corrected chi connectivity index (χ0v) is 8.67. The lowest BCUT2D eigenvalue weighted by molar-refractivity contribution is 0.707. The topological polar surface area (TPSA) is 38.7 Å². The van der Waals surface area contributed by atoms with E-state index in [0.29, 0.717) is 0 Å². The van der Waals surface area contributed by atoms with E-state index in [4.69, 9.17) is 0 Å². The van der Waals surface area contributed by atoms with Gasteiger partial charge in [-0.15, -0.1) is 0 Å². The number of aromatic nitrogens is 3. The van der Waals surface area contributed by atoms with Crippen LogP contribution in [0.2, 0.25) is 0 Å². The van der Waals surface area contributed by atoms with Crippen LogP contribution in [0.4, 0.5) is 0 Å². The van der Waals surface area contributed by atoms with Crippen LogP contribution in [-0.2, 0) is 0 Å². The van der Waals surface area contributed by atoms with Gasteiger partial charge >= 0.3 is 0 Å². The predicted octanol–water partition coefficient (Wildman–Crippen LogP) is 2.41. The maximum Gasteiger partial charge on any atom is 0.139 e. The van der Waals surface area contributed by atoms with E-state index in [1.807, 2.05) is 18.2 Å². The lowest BCUT2D eigenvalue weighted by atomic mass is 9.96. The normalized spacial score (nSPS) is 12.3. The molecule has 0 unspecified atom stereocenters. The Kier molecular flexibility index (Phi) is 3.02. The van der Waals surface area contributed by atoms with Crippen LogP contribution < -0.4 is 0 Å². The molecule has 3 nitrogen and oxygen atoms in total. The van der Waals surface area contributed by atoms with Crippen LogP contribution in [0.5, 0.6) is 0 Å². The summed E-state index contributed by atoms with van der Waals surface area (Å²) in [6.07, 6.45) is 4.09. The molecule has 0 fully saturated rings. The molecule has 0 saturated heterocycles. The van der Waals surface area contributed by atoms with Crippen LogP contribution in [0, 0.1) is 0 Å². The van der Waals surface area contributed by atoms with Gasteiger partial charge in [0.15, 0.2) is 0 Å². The first-order valence-electron chi connectivity index (χ1n) is 5.08. The maximum atomic E-state index is 4.20. The Hall–Kier alpha value is -1.77. The SMILES string of the molecule is CC[C@@H](c1ccccc1)c1ncncn1. The Labute approximate surface area is 89.2 Å². The third kappa shape index (κ3) is 2.18. The van der Waals surface area contributed by atoms with Crippen molar-refractivity contribution in [2.75, 3.05) is 0 Å². The lowest BCUT2D eigenvalue weighted by Crippen LogP contribution is -2.04. The monoisotopic (exact) mass is 199 g/mol. The van der Waals surface area contributed by atoms with Crippen LogP contribution >= 0.6 is 0 Å². The molecule has 0 aliphatic carbocycles. The summed E-state index contributed by atoms with van der Waals surface area (Å²) in [5.41, 5.74) is 1.26. The summed E-state index contributed by atoms with van der Waals surface area (Å²) in [5, 5.41) is 0. The highest BCUT2D eigenvalue weighted by molar-refractivity contribution is 5.24. The van der Waals surface area contributed by atoms with Crippen molar-refractivity contribution >= 4 is 0 Å². The number of benzene rings is 1. The Balaban J connectivity index is 2.34. The second kappa shape index (κ2) is 4.64. The molecular formula is C12H13N3. The molecule has 76 valence electrons. The van der Waals surface area contributed by atoms with Crippen molar-refractivity contribution in [3.05, 3.63) is 54.4 Å². The van der Waals surface area contributed by atoms with Gasteiger partial charge in [0.05, 0.1) is 0 Å². The minimum absolute atomic E-state index is 0.272. The highest BCUT2D eigenvalue weighted by atomic mass is 15.0. The summed E-state index contributed by atoms with van der Waals surface area (Å²) in [6.45, 7) is 2.14. The van der Waals surface area contributed by atoms with Gasteiger partial charge in [0.25, 0.3) is 0 Å². The van der Waals surface area contributed by atoms with E-state index in [2.05, 4.69) is 34.0 Å². The second-order valence-corrected chi connectivity index (χ2v) is 3.37. The second-order valence-electron chi connectivity index (χ2n) is 3.37. The molecule has 0 N–H and O–H groups in total. The molecule has 15 heavy (non-hydrogen) atoms. The van der Waals surface area contributed by atoms with Gasteiger partial charge in [-0.1, -0.05) is 37.3 Å². The predicted molar refractivity (Wildman–Crippen MR) is 58.4 cm³/mol. The first kappa shape index (κ1) is 9.77. The van der Waals surface area contributed by atoms with Crippen LogP contribution in [0.25, 0.3) is 0 Å². The fourth-order valence-corrected chi connectivity index (χ4v) is 1.68. The summed E-state index contributed by atoms with van der Waals surface area (Å²) < 4.78 is 0. The first-order valence-corrected chi connectivity index (χ1v) is 5.08. The van der Waals surface area contributed by atoms with Gasteiger partial charge in [-0.05, 0) is 12.0 Å². The highest BCUT2D eigenvalue weighted by Gasteiger charge is 2.13. The Bertz CT molecular complexity index is 360. The van der Waals surface area contributed by atoms with E-state index < -0.39 is 0 Å². The van der Waals surface area contributed by atoms with Gasteiger partial charge in [-0.3, -0.25) is 0 Å². The highest BCUT2D eigenvalue weighted by Crippen LogP contribution is 2.23. The molecule has 0 aliphatic rings. The van der Waals surface area contributed by atoms with E-state index in [1.54, 1.807) is 12.7 Å². The molecule has 1 aromatic heterocycles. The molecule has 2 rings (SSSR count). The van der Waals surface area contributed by atoms with Crippen LogP contribution in [0.1, 0.15) is 30.7 Å².